The molecule has 1 aliphatic heterocycles. The van der Waals surface area contributed by atoms with Crippen LogP contribution in [0.5, 0.6) is 0 Å². The highest BCUT2D eigenvalue weighted by Gasteiger charge is 2.23. The molecular formula is C15H21BrN2O3. The quantitative estimate of drug-likeness (QED) is 0.870. The molecule has 0 unspecified atom stereocenters. The standard InChI is InChI=1S/C15H21BrN2O3/c1-10-12(9-13(16)14(20)17-10)15(21)18-6-2-3-11(4-7-18)5-8-19/h9,11,19H,2-8H2,1H3,(H,17,20)/t11-/m0/s1. The number of aliphatic hydroxyl groups excluding tert-OH is 1. The van der Waals surface area contributed by atoms with Gasteiger partial charge in [-0.15, -0.1) is 0 Å². The molecule has 1 fully saturated rings. The third-order valence-electron chi connectivity index (χ3n) is 4.10. The molecule has 0 radical (unpaired) electrons. The van der Waals surface area contributed by atoms with Gasteiger partial charge in [-0.3, -0.25) is 9.59 Å². The Balaban J connectivity index is 2.13. The van der Waals surface area contributed by atoms with Gasteiger partial charge in [-0.25, -0.2) is 0 Å². The number of nitrogens with one attached hydrogen (secondary N) is 1. The fourth-order valence-corrected chi connectivity index (χ4v) is 3.16. The summed E-state index contributed by atoms with van der Waals surface area (Å²) in [6.45, 7) is 3.40. The summed E-state index contributed by atoms with van der Waals surface area (Å²) in [6, 6.07) is 1.60. The SMILES string of the molecule is Cc1[nH]c(=O)c(Br)cc1C(=O)N1CCC[C@H](CCO)CC1. The van der Waals surface area contributed by atoms with E-state index in [0.717, 1.165) is 32.2 Å². The van der Waals surface area contributed by atoms with E-state index in [1.807, 2.05) is 4.90 Å². The molecule has 0 saturated carbocycles. The van der Waals surface area contributed by atoms with Gasteiger partial charge >= 0.3 is 0 Å². The first-order valence-electron chi connectivity index (χ1n) is 7.32. The summed E-state index contributed by atoms with van der Waals surface area (Å²) in [4.78, 5) is 28.7. The second-order valence-corrected chi connectivity index (χ2v) is 6.44. The van der Waals surface area contributed by atoms with Crippen LogP contribution in [0, 0.1) is 12.8 Å². The number of amides is 1. The number of nitrogens with zero attached hydrogens (tertiary/aromatic N) is 1. The second kappa shape index (κ2) is 7.22. The summed E-state index contributed by atoms with van der Waals surface area (Å²) >= 11 is 3.18. The fourth-order valence-electron chi connectivity index (χ4n) is 2.83. The largest absolute Gasteiger partial charge is 0.396 e. The van der Waals surface area contributed by atoms with Gasteiger partial charge in [0.25, 0.3) is 11.5 Å². The molecule has 1 aliphatic rings. The predicted molar refractivity (Wildman–Crippen MR) is 84.4 cm³/mol. The van der Waals surface area contributed by atoms with Crippen LogP contribution in [0.1, 0.15) is 41.7 Å². The van der Waals surface area contributed by atoms with Crippen molar-refractivity contribution in [3.8, 4) is 0 Å². The molecular weight excluding hydrogens is 336 g/mol. The van der Waals surface area contributed by atoms with Crippen molar-refractivity contribution in [2.75, 3.05) is 19.7 Å². The van der Waals surface area contributed by atoms with E-state index in [-0.39, 0.29) is 18.1 Å². The first-order chi connectivity index (χ1) is 10.0. The Morgan fingerprint density at radius 3 is 2.95 bits per heavy atom. The van der Waals surface area contributed by atoms with Crippen LogP contribution in [0.3, 0.4) is 0 Å². The van der Waals surface area contributed by atoms with Gasteiger partial charge in [-0.1, -0.05) is 0 Å². The van der Waals surface area contributed by atoms with E-state index in [1.54, 1.807) is 13.0 Å². The molecule has 1 aromatic rings. The Kier molecular flexibility index (Phi) is 5.58. The Hall–Kier alpha value is -1.14. The maximum Gasteiger partial charge on any atom is 0.262 e. The third-order valence-corrected chi connectivity index (χ3v) is 4.68. The van der Waals surface area contributed by atoms with E-state index in [0.29, 0.717) is 28.2 Å². The maximum absolute atomic E-state index is 12.6. The Bertz CT molecular complexity index is 571. The van der Waals surface area contributed by atoms with E-state index < -0.39 is 0 Å². The topological polar surface area (TPSA) is 73.4 Å². The van der Waals surface area contributed by atoms with Crippen LogP contribution in [-0.2, 0) is 0 Å². The molecule has 2 N–H and O–H groups in total. The number of hydrogen-bond donors (Lipinski definition) is 2. The number of H-pyrrole nitrogens is 1. The number of carbonyl (C=O) groups is 1. The van der Waals surface area contributed by atoms with Gasteiger partial charge in [0.05, 0.1) is 10.0 Å². The molecule has 0 aliphatic carbocycles. The number of aliphatic hydroxyl groups is 1. The van der Waals surface area contributed by atoms with Crippen LogP contribution in [0.25, 0.3) is 0 Å². The highest BCUT2D eigenvalue weighted by atomic mass is 79.9. The zero-order valence-electron chi connectivity index (χ0n) is 12.2. The van der Waals surface area contributed by atoms with Crippen LogP contribution in [0.15, 0.2) is 15.3 Å². The number of hydrogen-bond acceptors (Lipinski definition) is 3. The molecule has 1 amide bonds. The average molecular weight is 357 g/mol. The minimum absolute atomic E-state index is 0.0332. The number of aromatic nitrogens is 1. The van der Waals surface area contributed by atoms with E-state index in [1.165, 1.54) is 0 Å². The zero-order valence-corrected chi connectivity index (χ0v) is 13.8. The Morgan fingerprint density at radius 1 is 1.48 bits per heavy atom. The lowest BCUT2D eigenvalue weighted by molar-refractivity contribution is 0.0758. The number of halogens is 1. The minimum atomic E-state index is -0.220. The van der Waals surface area contributed by atoms with Crippen LogP contribution in [0.2, 0.25) is 0 Å². The summed E-state index contributed by atoms with van der Waals surface area (Å²) in [6.07, 6.45) is 3.75. The first-order valence-corrected chi connectivity index (χ1v) is 8.11. The molecule has 2 heterocycles. The lowest BCUT2D eigenvalue weighted by Gasteiger charge is -2.21. The average Bonchev–Trinajstić information content (AvgIpc) is 2.68. The number of aromatic amines is 1. The van der Waals surface area contributed by atoms with Crippen LogP contribution in [-0.4, -0.2) is 40.6 Å². The van der Waals surface area contributed by atoms with Gasteiger partial charge in [-0.2, -0.15) is 0 Å². The number of rotatable bonds is 3. The molecule has 1 aromatic heterocycles. The van der Waals surface area contributed by atoms with Crippen molar-refractivity contribution in [3.63, 3.8) is 0 Å². The number of pyridine rings is 1. The van der Waals surface area contributed by atoms with Gasteiger partial charge in [0, 0.05) is 25.4 Å². The molecule has 1 atom stereocenters. The lowest BCUT2D eigenvalue weighted by Crippen LogP contribution is -2.33. The smallest absolute Gasteiger partial charge is 0.262 e. The molecule has 21 heavy (non-hydrogen) atoms. The summed E-state index contributed by atoms with van der Waals surface area (Å²) < 4.78 is 0.379. The van der Waals surface area contributed by atoms with E-state index >= 15 is 0 Å². The van der Waals surface area contributed by atoms with Gasteiger partial charge in [0.1, 0.15) is 0 Å². The first kappa shape index (κ1) is 16.2. The van der Waals surface area contributed by atoms with Crippen LogP contribution >= 0.6 is 15.9 Å². The summed E-state index contributed by atoms with van der Waals surface area (Å²) in [7, 11) is 0. The minimum Gasteiger partial charge on any atom is -0.396 e. The number of likely N-dealkylation sites (tertiary alicyclic amines) is 1. The molecule has 0 spiro atoms. The van der Waals surface area contributed by atoms with Crippen molar-refractivity contribution in [1.29, 1.82) is 0 Å². The number of aryl methyl sites for hydroxylation is 1. The predicted octanol–water partition coefficient (Wildman–Crippen LogP) is 2.07. The highest BCUT2D eigenvalue weighted by molar-refractivity contribution is 9.10. The van der Waals surface area contributed by atoms with E-state index in [9.17, 15) is 9.59 Å². The molecule has 0 aromatic carbocycles. The van der Waals surface area contributed by atoms with Crippen molar-refractivity contribution in [2.45, 2.75) is 32.6 Å². The molecule has 2 rings (SSSR count). The monoisotopic (exact) mass is 356 g/mol. The van der Waals surface area contributed by atoms with Gasteiger partial charge in [0.15, 0.2) is 0 Å². The fraction of sp³-hybridized carbons (Fsp3) is 0.600. The summed E-state index contributed by atoms with van der Waals surface area (Å²) in [5.41, 5.74) is 0.925. The van der Waals surface area contributed by atoms with Crippen molar-refractivity contribution < 1.29 is 9.90 Å². The lowest BCUT2D eigenvalue weighted by atomic mass is 9.98. The third kappa shape index (κ3) is 3.95. The second-order valence-electron chi connectivity index (χ2n) is 5.59. The molecule has 1 saturated heterocycles. The molecule has 116 valence electrons. The van der Waals surface area contributed by atoms with Gasteiger partial charge < -0.3 is 15.0 Å². The van der Waals surface area contributed by atoms with Crippen LogP contribution in [0.4, 0.5) is 0 Å². The molecule has 5 nitrogen and oxygen atoms in total. The Morgan fingerprint density at radius 2 is 2.24 bits per heavy atom. The summed E-state index contributed by atoms with van der Waals surface area (Å²) in [5, 5.41) is 9.04. The maximum atomic E-state index is 12.6. The van der Waals surface area contributed by atoms with E-state index in [2.05, 4.69) is 20.9 Å². The zero-order chi connectivity index (χ0) is 15.4. The Labute approximate surface area is 132 Å². The molecule has 6 heteroatoms. The van der Waals surface area contributed by atoms with Crippen molar-refractivity contribution in [1.82, 2.24) is 9.88 Å². The normalized spacial score (nSPS) is 19.4. The van der Waals surface area contributed by atoms with Gasteiger partial charge in [0.2, 0.25) is 0 Å². The van der Waals surface area contributed by atoms with Crippen molar-refractivity contribution >= 4 is 21.8 Å². The van der Waals surface area contributed by atoms with Crippen molar-refractivity contribution in [2.24, 2.45) is 5.92 Å². The van der Waals surface area contributed by atoms with Crippen molar-refractivity contribution in [3.05, 3.63) is 32.2 Å². The van der Waals surface area contributed by atoms with E-state index in [4.69, 9.17) is 5.11 Å². The molecule has 0 bridgehead atoms. The van der Waals surface area contributed by atoms with Crippen LogP contribution < -0.4 is 5.56 Å². The highest BCUT2D eigenvalue weighted by Crippen LogP contribution is 2.22. The number of carbonyl (C=O) groups excluding carboxylic acids is 1. The van der Waals surface area contributed by atoms with Gasteiger partial charge in [-0.05, 0) is 60.5 Å². The summed E-state index contributed by atoms with van der Waals surface area (Å²) in [5.74, 6) is 0.463.